The number of furan rings is 1. The van der Waals surface area contributed by atoms with Crippen molar-refractivity contribution in [3.8, 4) is 0 Å². The molecule has 0 bridgehead atoms. The number of benzene rings is 2. The molecular weight excluding hydrogens is 340 g/mol. The fourth-order valence-electron chi connectivity index (χ4n) is 3.13. The normalized spacial score (nSPS) is 14.2. The summed E-state index contributed by atoms with van der Waals surface area (Å²) in [4.78, 5) is 27.3. The van der Waals surface area contributed by atoms with Gasteiger partial charge in [0.1, 0.15) is 11.5 Å². The number of rotatable bonds is 5. The second-order valence-electron chi connectivity index (χ2n) is 6.39. The molecule has 2 aromatic carbocycles. The van der Waals surface area contributed by atoms with E-state index in [0.717, 1.165) is 11.3 Å². The lowest BCUT2D eigenvalue weighted by atomic mass is 10.0. The monoisotopic (exact) mass is 358 g/mol. The van der Waals surface area contributed by atoms with Gasteiger partial charge in [0.15, 0.2) is 0 Å². The summed E-state index contributed by atoms with van der Waals surface area (Å²) < 4.78 is 5.32. The van der Waals surface area contributed by atoms with Crippen LogP contribution in [0.4, 0.5) is 5.69 Å². The topological polar surface area (TPSA) is 62.6 Å². The number of amides is 2. The molecule has 1 aliphatic heterocycles. The van der Waals surface area contributed by atoms with Crippen LogP contribution in [0.25, 0.3) is 5.57 Å². The van der Waals surface area contributed by atoms with Crippen molar-refractivity contribution in [1.82, 2.24) is 4.90 Å². The second kappa shape index (κ2) is 6.96. The molecule has 3 aromatic rings. The second-order valence-corrected chi connectivity index (χ2v) is 6.39. The van der Waals surface area contributed by atoms with E-state index in [1.165, 1.54) is 11.2 Å². The van der Waals surface area contributed by atoms with Gasteiger partial charge in [-0.3, -0.25) is 14.5 Å². The number of aryl methyl sites for hydroxylation is 1. The number of hydrogen-bond acceptors (Lipinski definition) is 4. The third kappa shape index (κ3) is 3.27. The molecule has 27 heavy (non-hydrogen) atoms. The number of nitrogens with one attached hydrogen (secondary N) is 1. The molecule has 0 aliphatic carbocycles. The van der Waals surface area contributed by atoms with Gasteiger partial charge in [0, 0.05) is 5.69 Å². The molecule has 2 heterocycles. The quantitative estimate of drug-likeness (QED) is 0.701. The predicted octanol–water partition coefficient (Wildman–Crippen LogP) is 3.98. The van der Waals surface area contributed by atoms with Crippen LogP contribution in [0, 0.1) is 6.92 Å². The maximum atomic E-state index is 13.1. The molecule has 0 saturated carbocycles. The largest absolute Gasteiger partial charge is 0.467 e. The number of carbonyl (C=O) groups is 2. The van der Waals surface area contributed by atoms with Crippen LogP contribution in [0.15, 0.2) is 83.1 Å². The van der Waals surface area contributed by atoms with Crippen LogP contribution in [-0.4, -0.2) is 16.7 Å². The molecule has 1 N–H and O–H groups in total. The number of anilines is 1. The van der Waals surface area contributed by atoms with Crippen molar-refractivity contribution in [3.63, 3.8) is 0 Å². The van der Waals surface area contributed by atoms with E-state index in [2.05, 4.69) is 5.32 Å². The minimum atomic E-state index is -0.364. The summed E-state index contributed by atoms with van der Waals surface area (Å²) in [5.41, 5.74) is 3.18. The summed E-state index contributed by atoms with van der Waals surface area (Å²) in [6, 6.07) is 20.4. The summed E-state index contributed by atoms with van der Waals surface area (Å²) in [6.45, 7) is 2.07. The molecule has 5 nitrogen and oxygen atoms in total. The summed E-state index contributed by atoms with van der Waals surface area (Å²) in [6.07, 6.45) is 1.53. The Hall–Kier alpha value is -3.60. The number of hydrogen-bond donors (Lipinski definition) is 1. The van der Waals surface area contributed by atoms with Crippen molar-refractivity contribution < 1.29 is 14.0 Å². The molecular formula is C22H18N2O3. The van der Waals surface area contributed by atoms with Gasteiger partial charge in [-0.25, -0.2) is 0 Å². The van der Waals surface area contributed by atoms with Crippen LogP contribution in [-0.2, 0) is 16.1 Å². The Balaban J connectivity index is 1.75. The molecule has 0 spiro atoms. The van der Waals surface area contributed by atoms with E-state index < -0.39 is 0 Å². The maximum Gasteiger partial charge on any atom is 0.278 e. The number of nitrogens with zero attached hydrogens (tertiary/aromatic N) is 1. The van der Waals surface area contributed by atoms with Gasteiger partial charge in [-0.1, -0.05) is 42.5 Å². The van der Waals surface area contributed by atoms with Gasteiger partial charge in [-0.2, -0.15) is 0 Å². The average Bonchev–Trinajstić information content (AvgIpc) is 3.26. The lowest BCUT2D eigenvalue weighted by Gasteiger charge is -2.13. The standard InChI is InChI=1S/C22H18N2O3/c1-15-7-5-10-17(13-15)23-20-19(16-8-3-2-4-9-16)21(25)24(22(20)26)14-18-11-6-12-27-18/h2-13,23H,14H2,1H3. The minimum Gasteiger partial charge on any atom is -0.467 e. The van der Waals surface area contributed by atoms with E-state index in [1.54, 1.807) is 12.1 Å². The van der Waals surface area contributed by atoms with Crippen LogP contribution < -0.4 is 5.32 Å². The Morgan fingerprint density at radius 1 is 0.926 bits per heavy atom. The first kappa shape index (κ1) is 16.8. The molecule has 0 unspecified atom stereocenters. The Morgan fingerprint density at radius 3 is 2.44 bits per heavy atom. The zero-order chi connectivity index (χ0) is 18.8. The third-order valence-corrected chi connectivity index (χ3v) is 4.41. The predicted molar refractivity (Wildman–Crippen MR) is 102 cm³/mol. The highest BCUT2D eigenvalue weighted by atomic mass is 16.3. The SMILES string of the molecule is Cc1cccc(NC2=C(c3ccccc3)C(=O)N(Cc3ccco3)C2=O)c1. The van der Waals surface area contributed by atoms with E-state index in [4.69, 9.17) is 4.42 Å². The molecule has 5 heteroatoms. The van der Waals surface area contributed by atoms with Crippen molar-refractivity contribution >= 4 is 23.1 Å². The Morgan fingerprint density at radius 2 is 1.74 bits per heavy atom. The average molecular weight is 358 g/mol. The van der Waals surface area contributed by atoms with Crippen LogP contribution in [0.1, 0.15) is 16.9 Å². The molecule has 1 aromatic heterocycles. The summed E-state index contributed by atoms with van der Waals surface area (Å²) >= 11 is 0. The molecule has 2 amide bonds. The summed E-state index contributed by atoms with van der Waals surface area (Å²) in [5.74, 6) is -0.143. The van der Waals surface area contributed by atoms with Gasteiger partial charge in [-0.05, 0) is 42.3 Å². The molecule has 0 fully saturated rings. The molecule has 0 radical (unpaired) electrons. The van der Waals surface area contributed by atoms with Gasteiger partial charge >= 0.3 is 0 Å². The first-order chi connectivity index (χ1) is 13.1. The van der Waals surface area contributed by atoms with Gasteiger partial charge in [-0.15, -0.1) is 0 Å². The molecule has 0 atom stereocenters. The Bertz CT molecular complexity index is 1020. The van der Waals surface area contributed by atoms with Crippen molar-refractivity contribution in [2.24, 2.45) is 0 Å². The van der Waals surface area contributed by atoms with Crippen molar-refractivity contribution in [3.05, 3.63) is 95.6 Å². The molecule has 1 aliphatic rings. The zero-order valence-electron chi connectivity index (χ0n) is 14.8. The smallest absolute Gasteiger partial charge is 0.278 e. The van der Waals surface area contributed by atoms with Gasteiger partial charge in [0.2, 0.25) is 0 Å². The van der Waals surface area contributed by atoms with Crippen LogP contribution in [0.3, 0.4) is 0 Å². The first-order valence-corrected chi connectivity index (χ1v) is 8.65. The maximum absolute atomic E-state index is 13.1. The fourth-order valence-corrected chi connectivity index (χ4v) is 3.13. The lowest BCUT2D eigenvalue weighted by molar-refractivity contribution is -0.137. The van der Waals surface area contributed by atoms with Crippen molar-refractivity contribution in [2.45, 2.75) is 13.5 Å². The number of carbonyl (C=O) groups excluding carboxylic acids is 2. The van der Waals surface area contributed by atoms with Gasteiger partial charge in [0.05, 0.1) is 18.4 Å². The molecule has 134 valence electrons. The van der Waals surface area contributed by atoms with E-state index >= 15 is 0 Å². The summed E-state index contributed by atoms with van der Waals surface area (Å²) in [7, 11) is 0. The van der Waals surface area contributed by atoms with E-state index in [-0.39, 0.29) is 24.1 Å². The highest BCUT2D eigenvalue weighted by Gasteiger charge is 2.39. The molecule has 0 saturated heterocycles. The Kier molecular flexibility index (Phi) is 4.34. The van der Waals surface area contributed by atoms with Crippen LogP contribution >= 0.6 is 0 Å². The highest BCUT2D eigenvalue weighted by Crippen LogP contribution is 2.31. The van der Waals surface area contributed by atoms with Crippen molar-refractivity contribution in [1.29, 1.82) is 0 Å². The number of imide groups is 1. The van der Waals surface area contributed by atoms with Crippen LogP contribution in [0.5, 0.6) is 0 Å². The van der Waals surface area contributed by atoms with Crippen LogP contribution in [0.2, 0.25) is 0 Å². The van der Waals surface area contributed by atoms with Crippen molar-refractivity contribution in [2.75, 3.05) is 5.32 Å². The first-order valence-electron chi connectivity index (χ1n) is 8.65. The Labute approximate surface area is 156 Å². The van der Waals surface area contributed by atoms with Gasteiger partial charge < -0.3 is 9.73 Å². The zero-order valence-corrected chi connectivity index (χ0v) is 14.8. The molecule has 4 rings (SSSR count). The third-order valence-electron chi connectivity index (χ3n) is 4.41. The van der Waals surface area contributed by atoms with Gasteiger partial charge in [0.25, 0.3) is 11.8 Å². The van der Waals surface area contributed by atoms with E-state index in [1.807, 2.05) is 61.5 Å². The van der Waals surface area contributed by atoms with E-state index in [9.17, 15) is 9.59 Å². The lowest BCUT2D eigenvalue weighted by Crippen LogP contribution is -2.31. The fraction of sp³-hybridized carbons (Fsp3) is 0.0909. The summed E-state index contributed by atoms with van der Waals surface area (Å²) in [5, 5.41) is 3.16. The van der Waals surface area contributed by atoms with E-state index in [0.29, 0.717) is 16.9 Å². The minimum absolute atomic E-state index is 0.0972. The highest BCUT2D eigenvalue weighted by molar-refractivity contribution is 6.36.